The lowest BCUT2D eigenvalue weighted by molar-refractivity contribution is -0.110. The number of piperazine rings is 1. The van der Waals surface area contributed by atoms with Crippen LogP contribution in [0, 0.1) is 6.92 Å². The predicted molar refractivity (Wildman–Crippen MR) is 93.0 cm³/mol. The predicted octanol–water partition coefficient (Wildman–Crippen LogP) is 2.69. The Morgan fingerprint density at radius 1 is 0.957 bits per heavy atom. The Labute approximate surface area is 137 Å². The molecule has 2 aromatic rings. The molecule has 1 fully saturated rings. The van der Waals surface area contributed by atoms with Crippen LogP contribution in [0.4, 0.5) is 5.69 Å². The van der Waals surface area contributed by atoms with Gasteiger partial charge in [0, 0.05) is 32.7 Å². The summed E-state index contributed by atoms with van der Waals surface area (Å²) in [5.74, 6) is 0. The highest BCUT2D eigenvalue weighted by atomic mass is 16.1. The summed E-state index contributed by atoms with van der Waals surface area (Å²) in [6.45, 7) is 6.66. The Morgan fingerprint density at radius 2 is 1.61 bits per heavy atom. The van der Waals surface area contributed by atoms with Crippen LogP contribution in [0.15, 0.2) is 54.6 Å². The van der Waals surface area contributed by atoms with E-state index in [1.807, 2.05) is 37.3 Å². The van der Waals surface area contributed by atoms with Gasteiger partial charge in [-0.05, 0) is 24.1 Å². The minimum absolute atomic E-state index is 0.861. The maximum atomic E-state index is 11.6. The fourth-order valence-corrected chi connectivity index (χ4v) is 3.05. The Morgan fingerprint density at radius 3 is 2.26 bits per heavy atom. The number of carbonyl (C=O) groups excluding carboxylic acids is 1. The number of anilines is 1. The fraction of sp³-hybridized carbons (Fsp3) is 0.316. The Kier molecular flexibility index (Phi) is 5.05. The van der Waals surface area contributed by atoms with E-state index in [4.69, 9.17) is 0 Å². The molecule has 1 heterocycles. The van der Waals surface area contributed by atoms with Gasteiger partial charge in [0.15, 0.2) is 0 Å². The molecule has 3 rings (SSSR count). The summed E-state index contributed by atoms with van der Waals surface area (Å²) in [6, 6.07) is 18.6. The van der Waals surface area contributed by atoms with E-state index in [1.165, 1.54) is 5.56 Å². The molecule has 0 saturated carbocycles. The number of hydrogen-bond acceptors (Lipinski definition) is 3. The van der Waals surface area contributed by atoms with E-state index >= 15 is 0 Å². The van der Waals surface area contributed by atoms with Gasteiger partial charge in [-0.2, -0.15) is 0 Å². The average molecular weight is 309 g/mol. The van der Waals surface area contributed by atoms with Crippen molar-refractivity contribution in [3.8, 4) is 0 Å². The average Bonchev–Trinajstić information content (AvgIpc) is 2.59. The second-order valence-electron chi connectivity index (χ2n) is 5.95. The quantitative estimate of drug-likeness (QED) is 0.795. The van der Waals surface area contributed by atoms with Crippen molar-refractivity contribution < 1.29 is 4.79 Å². The number of benzene rings is 2. The van der Waals surface area contributed by atoms with E-state index in [1.54, 1.807) is 5.01 Å². The number of carbonyl (C=O) groups is 1. The summed E-state index contributed by atoms with van der Waals surface area (Å²) in [7, 11) is 0. The Balaban J connectivity index is 1.61. The van der Waals surface area contributed by atoms with Crippen molar-refractivity contribution in [3.05, 3.63) is 65.7 Å². The van der Waals surface area contributed by atoms with E-state index in [0.717, 1.165) is 50.4 Å². The molecular weight excluding hydrogens is 286 g/mol. The van der Waals surface area contributed by atoms with Crippen LogP contribution in [0.1, 0.15) is 11.1 Å². The third-order valence-electron chi connectivity index (χ3n) is 4.36. The van der Waals surface area contributed by atoms with Crippen LogP contribution in [0.5, 0.6) is 0 Å². The lowest BCUT2D eigenvalue weighted by Gasteiger charge is -2.39. The van der Waals surface area contributed by atoms with Crippen LogP contribution in [-0.2, 0) is 11.3 Å². The molecule has 0 spiro atoms. The van der Waals surface area contributed by atoms with Crippen molar-refractivity contribution in [1.82, 2.24) is 9.91 Å². The molecule has 1 saturated heterocycles. The van der Waals surface area contributed by atoms with Gasteiger partial charge in [0.2, 0.25) is 6.41 Å². The van der Waals surface area contributed by atoms with Gasteiger partial charge in [0.25, 0.3) is 0 Å². The highest BCUT2D eigenvalue weighted by Crippen LogP contribution is 2.21. The number of rotatable bonds is 5. The molecule has 0 N–H and O–H groups in total. The summed E-state index contributed by atoms with van der Waals surface area (Å²) in [5, 5.41) is 3.89. The maximum absolute atomic E-state index is 11.6. The van der Waals surface area contributed by atoms with Crippen LogP contribution in [-0.4, -0.2) is 42.5 Å². The van der Waals surface area contributed by atoms with E-state index < -0.39 is 0 Å². The molecule has 1 aliphatic rings. The second kappa shape index (κ2) is 7.40. The topological polar surface area (TPSA) is 26.8 Å². The van der Waals surface area contributed by atoms with Gasteiger partial charge in [-0.25, -0.2) is 10.0 Å². The van der Waals surface area contributed by atoms with Gasteiger partial charge >= 0.3 is 0 Å². The standard InChI is InChI=1S/C19H23N3O/c1-17-7-5-6-10-19(17)22(16-23)21-13-11-20(12-14-21)15-18-8-3-2-4-9-18/h2-10,16H,11-15H2,1H3. The van der Waals surface area contributed by atoms with Gasteiger partial charge in [0.1, 0.15) is 0 Å². The van der Waals surface area contributed by atoms with Gasteiger partial charge in [-0.15, -0.1) is 0 Å². The molecule has 0 aromatic heterocycles. The van der Waals surface area contributed by atoms with Crippen LogP contribution in [0.2, 0.25) is 0 Å². The number of para-hydroxylation sites is 1. The first-order valence-electron chi connectivity index (χ1n) is 8.09. The van der Waals surface area contributed by atoms with Gasteiger partial charge in [-0.1, -0.05) is 48.5 Å². The van der Waals surface area contributed by atoms with E-state index in [-0.39, 0.29) is 0 Å². The van der Waals surface area contributed by atoms with Gasteiger partial charge in [-0.3, -0.25) is 9.69 Å². The third kappa shape index (κ3) is 3.78. The lowest BCUT2D eigenvalue weighted by Crippen LogP contribution is -2.53. The first kappa shape index (κ1) is 15.7. The van der Waals surface area contributed by atoms with Crippen LogP contribution in [0.3, 0.4) is 0 Å². The van der Waals surface area contributed by atoms with Crippen molar-refractivity contribution >= 4 is 12.1 Å². The van der Waals surface area contributed by atoms with Crippen LogP contribution in [0.25, 0.3) is 0 Å². The first-order chi connectivity index (χ1) is 11.3. The zero-order chi connectivity index (χ0) is 16.1. The number of amides is 1. The van der Waals surface area contributed by atoms with Crippen molar-refractivity contribution in [2.24, 2.45) is 0 Å². The molecule has 2 aromatic carbocycles. The summed E-state index contributed by atoms with van der Waals surface area (Å²) in [5.41, 5.74) is 3.43. The number of nitrogens with zero attached hydrogens (tertiary/aromatic N) is 3. The minimum atomic E-state index is 0.861. The smallest absolute Gasteiger partial charge is 0.228 e. The summed E-state index contributed by atoms with van der Waals surface area (Å²) in [4.78, 5) is 14.0. The summed E-state index contributed by atoms with van der Waals surface area (Å²) >= 11 is 0. The SMILES string of the molecule is Cc1ccccc1N(C=O)N1CCN(Cc2ccccc2)CC1. The molecule has 23 heavy (non-hydrogen) atoms. The molecule has 1 aliphatic heterocycles. The summed E-state index contributed by atoms with van der Waals surface area (Å²) in [6.07, 6.45) is 0.926. The largest absolute Gasteiger partial charge is 0.296 e. The third-order valence-corrected chi connectivity index (χ3v) is 4.36. The van der Waals surface area contributed by atoms with Crippen molar-refractivity contribution in [2.45, 2.75) is 13.5 Å². The van der Waals surface area contributed by atoms with Gasteiger partial charge < -0.3 is 0 Å². The number of aryl methyl sites for hydroxylation is 1. The molecule has 1 amide bonds. The molecule has 0 radical (unpaired) electrons. The maximum Gasteiger partial charge on any atom is 0.228 e. The lowest BCUT2D eigenvalue weighted by atomic mass is 10.2. The van der Waals surface area contributed by atoms with Gasteiger partial charge in [0.05, 0.1) is 5.69 Å². The van der Waals surface area contributed by atoms with Crippen molar-refractivity contribution in [2.75, 3.05) is 31.2 Å². The highest BCUT2D eigenvalue weighted by Gasteiger charge is 2.23. The number of hydrazine groups is 1. The first-order valence-corrected chi connectivity index (χ1v) is 8.09. The van der Waals surface area contributed by atoms with E-state index in [2.05, 4.69) is 34.2 Å². The molecule has 0 atom stereocenters. The molecule has 0 unspecified atom stereocenters. The molecule has 4 heteroatoms. The van der Waals surface area contributed by atoms with Crippen molar-refractivity contribution in [1.29, 1.82) is 0 Å². The van der Waals surface area contributed by atoms with Crippen LogP contribution >= 0.6 is 0 Å². The van der Waals surface area contributed by atoms with Crippen LogP contribution < -0.4 is 5.01 Å². The second-order valence-corrected chi connectivity index (χ2v) is 5.95. The molecule has 4 nitrogen and oxygen atoms in total. The zero-order valence-electron chi connectivity index (χ0n) is 13.6. The minimum Gasteiger partial charge on any atom is -0.296 e. The Bertz CT molecular complexity index is 636. The molecular formula is C19H23N3O. The highest BCUT2D eigenvalue weighted by molar-refractivity contribution is 5.75. The van der Waals surface area contributed by atoms with E-state index in [0.29, 0.717) is 0 Å². The number of hydrogen-bond donors (Lipinski definition) is 0. The normalized spacial score (nSPS) is 16.2. The molecule has 0 aliphatic carbocycles. The van der Waals surface area contributed by atoms with Crippen molar-refractivity contribution in [3.63, 3.8) is 0 Å². The molecule has 120 valence electrons. The zero-order valence-corrected chi connectivity index (χ0v) is 13.6. The summed E-state index contributed by atoms with van der Waals surface area (Å²) < 4.78 is 0. The monoisotopic (exact) mass is 309 g/mol. The van der Waals surface area contributed by atoms with E-state index in [9.17, 15) is 4.79 Å². The fourth-order valence-electron chi connectivity index (χ4n) is 3.05. The Hall–Kier alpha value is -2.17. The molecule has 0 bridgehead atoms.